The van der Waals surface area contributed by atoms with E-state index >= 15 is 0 Å². The molecule has 2 unspecified atom stereocenters. The minimum Gasteiger partial charge on any atom is -0.381 e. The average Bonchev–Trinajstić information content (AvgIpc) is 2.75. The van der Waals surface area contributed by atoms with Gasteiger partial charge in [-0.25, -0.2) is 8.78 Å². The van der Waals surface area contributed by atoms with Gasteiger partial charge in [0.15, 0.2) is 0 Å². The lowest BCUT2D eigenvalue weighted by Crippen LogP contribution is -2.26. The highest BCUT2D eigenvalue weighted by molar-refractivity contribution is 5.45. The van der Waals surface area contributed by atoms with Crippen molar-refractivity contribution in [3.05, 3.63) is 29.8 Å². The van der Waals surface area contributed by atoms with Crippen LogP contribution in [0.1, 0.15) is 13.3 Å². The van der Waals surface area contributed by atoms with Crippen LogP contribution in [-0.2, 0) is 4.74 Å². The van der Waals surface area contributed by atoms with Crippen molar-refractivity contribution in [1.82, 2.24) is 0 Å². The van der Waals surface area contributed by atoms with Crippen molar-refractivity contribution in [3.63, 3.8) is 0 Å². The summed E-state index contributed by atoms with van der Waals surface area (Å²) in [5, 5.41) is 3.06. The molecule has 0 saturated carbocycles. The van der Waals surface area contributed by atoms with Crippen molar-refractivity contribution in [2.45, 2.75) is 19.4 Å². The van der Waals surface area contributed by atoms with E-state index in [2.05, 4.69) is 5.32 Å². The van der Waals surface area contributed by atoms with Gasteiger partial charge in [0, 0.05) is 24.6 Å². The van der Waals surface area contributed by atoms with E-state index in [0.717, 1.165) is 19.1 Å². The second-order valence-electron chi connectivity index (χ2n) is 4.18. The molecule has 1 aliphatic rings. The van der Waals surface area contributed by atoms with Crippen LogP contribution in [0, 0.1) is 17.6 Å². The van der Waals surface area contributed by atoms with Crippen LogP contribution in [-0.4, -0.2) is 19.3 Å². The van der Waals surface area contributed by atoms with Crippen LogP contribution >= 0.6 is 0 Å². The lowest BCUT2D eigenvalue weighted by molar-refractivity contribution is 0.183. The maximum absolute atomic E-state index is 13.4. The van der Waals surface area contributed by atoms with Crippen molar-refractivity contribution < 1.29 is 13.5 Å². The van der Waals surface area contributed by atoms with Gasteiger partial charge in [-0.2, -0.15) is 0 Å². The fraction of sp³-hybridized carbons (Fsp3) is 0.500. The average molecular weight is 227 g/mol. The van der Waals surface area contributed by atoms with Crippen molar-refractivity contribution in [2.24, 2.45) is 5.92 Å². The number of nitrogens with one attached hydrogen (secondary N) is 1. The highest BCUT2D eigenvalue weighted by Gasteiger charge is 2.22. The first kappa shape index (κ1) is 11.3. The molecule has 88 valence electrons. The van der Waals surface area contributed by atoms with E-state index in [9.17, 15) is 8.78 Å². The molecule has 1 N–H and O–H groups in total. The summed E-state index contributed by atoms with van der Waals surface area (Å²) in [5.41, 5.74) is 0.348. The van der Waals surface area contributed by atoms with E-state index < -0.39 is 11.6 Å². The smallest absolute Gasteiger partial charge is 0.149 e. The molecular weight excluding hydrogens is 212 g/mol. The molecule has 0 amide bonds. The van der Waals surface area contributed by atoms with Crippen LogP contribution in [0.4, 0.5) is 14.5 Å². The fourth-order valence-corrected chi connectivity index (χ4v) is 1.92. The molecule has 2 atom stereocenters. The predicted octanol–water partition coefficient (Wildman–Crippen LogP) is 2.80. The Morgan fingerprint density at radius 3 is 2.88 bits per heavy atom. The third-order valence-electron chi connectivity index (χ3n) is 2.99. The van der Waals surface area contributed by atoms with Crippen molar-refractivity contribution in [1.29, 1.82) is 0 Å². The molecule has 0 aliphatic carbocycles. The first-order valence-corrected chi connectivity index (χ1v) is 5.46. The number of rotatable bonds is 3. The Bertz CT molecular complexity index is 364. The maximum atomic E-state index is 13.4. The number of halogens is 2. The topological polar surface area (TPSA) is 21.3 Å². The van der Waals surface area contributed by atoms with Gasteiger partial charge in [-0.05, 0) is 25.5 Å². The summed E-state index contributed by atoms with van der Waals surface area (Å²) in [6, 6.07) is 3.70. The summed E-state index contributed by atoms with van der Waals surface area (Å²) in [6.45, 7) is 3.46. The van der Waals surface area contributed by atoms with Crippen molar-refractivity contribution in [2.75, 3.05) is 18.5 Å². The number of hydrogen-bond donors (Lipinski definition) is 1. The van der Waals surface area contributed by atoms with Crippen LogP contribution in [0.5, 0.6) is 0 Å². The SMILES string of the molecule is CC(Nc1ccc(F)cc1F)C1CCOC1. The summed E-state index contributed by atoms with van der Waals surface area (Å²) in [7, 11) is 0. The first-order chi connectivity index (χ1) is 7.66. The van der Waals surface area contributed by atoms with Gasteiger partial charge in [-0.15, -0.1) is 0 Å². The molecule has 0 radical (unpaired) electrons. The van der Waals surface area contributed by atoms with Crippen LogP contribution in [0.15, 0.2) is 18.2 Å². The Morgan fingerprint density at radius 2 is 2.25 bits per heavy atom. The second-order valence-corrected chi connectivity index (χ2v) is 4.18. The fourth-order valence-electron chi connectivity index (χ4n) is 1.92. The Kier molecular flexibility index (Phi) is 3.39. The molecule has 1 fully saturated rings. The Labute approximate surface area is 93.6 Å². The number of anilines is 1. The minimum absolute atomic E-state index is 0.127. The number of benzene rings is 1. The zero-order valence-electron chi connectivity index (χ0n) is 9.17. The predicted molar refractivity (Wildman–Crippen MR) is 58.4 cm³/mol. The Hall–Kier alpha value is -1.16. The van der Waals surface area contributed by atoms with Crippen LogP contribution in [0.2, 0.25) is 0 Å². The molecule has 1 aliphatic heterocycles. The standard InChI is InChI=1S/C12H15F2NO/c1-8(9-4-5-16-7-9)15-12-3-2-10(13)6-11(12)14/h2-3,6,8-9,15H,4-5,7H2,1H3. The van der Waals surface area contributed by atoms with Gasteiger partial charge < -0.3 is 10.1 Å². The van der Waals surface area contributed by atoms with Crippen LogP contribution < -0.4 is 5.32 Å². The molecule has 4 heteroatoms. The Morgan fingerprint density at radius 1 is 1.44 bits per heavy atom. The molecule has 1 heterocycles. The molecule has 2 rings (SSSR count). The third kappa shape index (κ3) is 2.50. The lowest BCUT2D eigenvalue weighted by Gasteiger charge is -2.20. The van der Waals surface area contributed by atoms with E-state index in [1.54, 1.807) is 0 Å². The number of ether oxygens (including phenoxy) is 1. The third-order valence-corrected chi connectivity index (χ3v) is 2.99. The largest absolute Gasteiger partial charge is 0.381 e. The molecule has 1 aromatic carbocycles. The highest BCUT2D eigenvalue weighted by atomic mass is 19.1. The van der Waals surface area contributed by atoms with Gasteiger partial charge in [-0.3, -0.25) is 0 Å². The van der Waals surface area contributed by atoms with E-state index in [1.165, 1.54) is 12.1 Å². The molecule has 0 bridgehead atoms. The van der Waals surface area contributed by atoms with E-state index in [1.807, 2.05) is 6.92 Å². The monoisotopic (exact) mass is 227 g/mol. The van der Waals surface area contributed by atoms with E-state index in [4.69, 9.17) is 4.74 Å². The first-order valence-electron chi connectivity index (χ1n) is 5.46. The summed E-state index contributed by atoms with van der Waals surface area (Å²) >= 11 is 0. The molecule has 16 heavy (non-hydrogen) atoms. The maximum Gasteiger partial charge on any atom is 0.149 e. The van der Waals surface area contributed by atoms with Gasteiger partial charge in [0.05, 0.1) is 12.3 Å². The van der Waals surface area contributed by atoms with Gasteiger partial charge in [-0.1, -0.05) is 0 Å². The lowest BCUT2D eigenvalue weighted by atomic mass is 10.0. The zero-order valence-corrected chi connectivity index (χ0v) is 9.17. The van der Waals surface area contributed by atoms with E-state index in [0.29, 0.717) is 18.2 Å². The zero-order chi connectivity index (χ0) is 11.5. The Balaban J connectivity index is 2.02. The van der Waals surface area contributed by atoms with Gasteiger partial charge in [0.1, 0.15) is 11.6 Å². The summed E-state index contributed by atoms with van der Waals surface area (Å²) in [5.74, 6) is -0.713. The second kappa shape index (κ2) is 4.78. The van der Waals surface area contributed by atoms with Crippen molar-refractivity contribution in [3.8, 4) is 0 Å². The van der Waals surface area contributed by atoms with E-state index in [-0.39, 0.29) is 6.04 Å². The molecule has 1 saturated heterocycles. The quantitative estimate of drug-likeness (QED) is 0.857. The van der Waals surface area contributed by atoms with Gasteiger partial charge >= 0.3 is 0 Å². The molecule has 0 spiro atoms. The van der Waals surface area contributed by atoms with Crippen LogP contribution in [0.3, 0.4) is 0 Å². The summed E-state index contributed by atoms with van der Waals surface area (Å²) < 4.78 is 31.3. The van der Waals surface area contributed by atoms with Gasteiger partial charge in [0.25, 0.3) is 0 Å². The van der Waals surface area contributed by atoms with Crippen molar-refractivity contribution >= 4 is 5.69 Å². The minimum atomic E-state index is -0.556. The summed E-state index contributed by atoms with van der Waals surface area (Å²) in [6.07, 6.45) is 0.983. The van der Waals surface area contributed by atoms with Crippen LogP contribution in [0.25, 0.3) is 0 Å². The normalized spacial score (nSPS) is 22.1. The highest BCUT2D eigenvalue weighted by Crippen LogP contribution is 2.22. The molecule has 0 aromatic heterocycles. The van der Waals surface area contributed by atoms with Gasteiger partial charge in [0.2, 0.25) is 0 Å². The molecule has 2 nitrogen and oxygen atoms in total. The molecule has 1 aromatic rings. The summed E-state index contributed by atoms with van der Waals surface area (Å²) in [4.78, 5) is 0. The number of hydrogen-bond acceptors (Lipinski definition) is 2. The molecular formula is C12H15F2NO.